The van der Waals surface area contributed by atoms with E-state index in [0.717, 1.165) is 22.9 Å². The first-order valence-electron chi connectivity index (χ1n) is 9.40. The largest absolute Gasteiger partial charge is 0.435 e. The van der Waals surface area contributed by atoms with Gasteiger partial charge in [-0.15, -0.1) is 0 Å². The standard InChI is InChI=1S/C20H19F6N5O/c1-11-8-17(29-30(11)10-14-5-4-6-15(9-14)19(21,22)23)27-18(32)13(3)31-12(2)7-16(28-31)20(24,25)26/h4-9,13H,10H2,1-3H3,(H,27,29,32). The van der Waals surface area contributed by atoms with E-state index in [9.17, 15) is 31.1 Å². The lowest BCUT2D eigenvalue weighted by atomic mass is 10.1. The molecule has 0 saturated heterocycles. The topological polar surface area (TPSA) is 64.7 Å². The normalized spacial score (nSPS) is 13.3. The fourth-order valence-corrected chi connectivity index (χ4v) is 3.11. The number of benzene rings is 1. The van der Waals surface area contributed by atoms with Crippen LogP contribution >= 0.6 is 0 Å². The third kappa shape index (κ3) is 5.11. The van der Waals surface area contributed by atoms with Crippen molar-refractivity contribution in [2.24, 2.45) is 0 Å². The summed E-state index contributed by atoms with van der Waals surface area (Å²) in [6.45, 7) is 4.49. The Morgan fingerprint density at radius 3 is 2.28 bits per heavy atom. The number of alkyl halides is 6. The van der Waals surface area contributed by atoms with E-state index in [2.05, 4.69) is 15.5 Å². The SMILES string of the molecule is Cc1cc(NC(=O)C(C)n2nc(C(F)(F)F)cc2C)nn1Cc1cccc(C(F)(F)F)c1. The molecule has 1 N–H and O–H groups in total. The number of hydrogen-bond acceptors (Lipinski definition) is 3. The second-order valence-corrected chi connectivity index (χ2v) is 7.31. The second kappa shape index (κ2) is 8.32. The van der Waals surface area contributed by atoms with Crippen LogP contribution in [0.25, 0.3) is 0 Å². The average molecular weight is 459 g/mol. The molecule has 1 atom stereocenters. The van der Waals surface area contributed by atoms with Gasteiger partial charge in [-0.05, 0) is 44.5 Å². The van der Waals surface area contributed by atoms with Gasteiger partial charge in [0.05, 0.1) is 12.1 Å². The van der Waals surface area contributed by atoms with Crippen molar-refractivity contribution in [1.82, 2.24) is 19.6 Å². The highest BCUT2D eigenvalue weighted by atomic mass is 19.4. The quantitative estimate of drug-likeness (QED) is 0.548. The number of rotatable bonds is 5. The summed E-state index contributed by atoms with van der Waals surface area (Å²) in [4.78, 5) is 12.5. The Bertz CT molecular complexity index is 1130. The first-order valence-corrected chi connectivity index (χ1v) is 9.40. The molecule has 172 valence electrons. The van der Waals surface area contributed by atoms with Crippen LogP contribution in [0.1, 0.15) is 41.2 Å². The highest BCUT2D eigenvalue weighted by Gasteiger charge is 2.35. The molecule has 12 heteroatoms. The number of aryl methyl sites for hydroxylation is 2. The zero-order valence-electron chi connectivity index (χ0n) is 17.2. The summed E-state index contributed by atoms with van der Waals surface area (Å²) < 4.78 is 79.7. The number of halogens is 6. The Hall–Kier alpha value is -3.31. The van der Waals surface area contributed by atoms with Crippen LogP contribution in [0.2, 0.25) is 0 Å². The smallest absolute Gasteiger partial charge is 0.307 e. The molecule has 0 aliphatic heterocycles. The van der Waals surface area contributed by atoms with Crippen LogP contribution in [-0.2, 0) is 23.7 Å². The number of carbonyl (C=O) groups is 1. The van der Waals surface area contributed by atoms with Gasteiger partial charge in [-0.1, -0.05) is 12.1 Å². The fourth-order valence-electron chi connectivity index (χ4n) is 3.11. The van der Waals surface area contributed by atoms with Crippen molar-refractivity contribution in [3.8, 4) is 0 Å². The van der Waals surface area contributed by atoms with Crippen molar-refractivity contribution in [1.29, 1.82) is 0 Å². The highest BCUT2D eigenvalue weighted by Crippen LogP contribution is 2.30. The lowest BCUT2D eigenvalue weighted by molar-refractivity contribution is -0.142. The predicted molar refractivity (Wildman–Crippen MR) is 103 cm³/mol. The molecule has 3 rings (SSSR count). The van der Waals surface area contributed by atoms with Crippen LogP contribution in [0.3, 0.4) is 0 Å². The number of amides is 1. The number of hydrogen-bond donors (Lipinski definition) is 1. The van der Waals surface area contributed by atoms with Crippen molar-refractivity contribution in [3.63, 3.8) is 0 Å². The minimum Gasteiger partial charge on any atom is -0.307 e. The summed E-state index contributed by atoms with van der Waals surface area (Å²) >= 11 is 0. The monoisotopic (exact) mass is 459 g/mol. The number of carbonyl (C=O) groups excluding carboxylic acids is 1. The Morgan fingerprint density at radius 2 is 1.69 bits per heavy atom. The summed E-state index contributed by atoms with van der Waals surface area (Å²) in [5.74, 6) is -0.527. The minimum atomic E-state index is -4.63. The molecular weight excluding hydrogens is 440 g/mol. The molecule has 0 aliphatic rings. The van der Waals surface area contributed by atoms with Crippen molar-refractivity contribution in [2.75, 3.05) is 5.32 Å². The van der Waals surface area contributed by atoms with E-state index in [1.54, 1.807) is 6.92 Å². The Labute approximate surface area is 178 Å². The zero-order valence-corrected chi connectivity index (χ0v) is 17.2. The molecule has 2 aromatic heterocycles. The van der Waals surface area contributed by atoms with Crippen LogP contribution in [-0.4, -0.2) is 25.5 Å². The van der Waals surface area contributed by atoms with Gasteiger partial charge >= 0.3 is 12.4 Å². The van der Waals surface area contributed by atoms with E-state index in [1.165, 1.54) is 36.7 Å². The predicted octanol–water partition coefficient (Wildman–Crippen LogP) is 4.98. The van der Waals surface area contributed by atoms with E-state index < -0.39 is 35.6 Å². The molecule has 1 unspecified atom stereocenters. The molecule has 0 radical (unpaired) electrons. The Kier molecular flexibility index (Phi) is 6.07. The van der Waals surface area contributed by atoms with Crippen LogP contribution in [0.15, 0.2) is 36.4 Å². The Balaban J connectivity index is 1.74. The third-order valence-electron chi connectivity index (χ3n) is 4.78. The Morgan fingerprint density at radius 1 is 1.00 bits per heavy atom. The van der Waals surface area contributed by atoms with Crippen LogP contribution < -0.4 is 5.32 Å². The number of anilines is 1. The summed E-state index contributed by atoms with van der Waals surface area (Å²) in [6.07, 6.45) is -9.10. The van der Waals surface area contributed by atoms with Crippen molar-refractivity contribution >= 4 is 11.7 Å². The summed E-state index contributed by atoms with van der Waals surface area (Å²) in [6, 6.07) is 6.10. The summed E-state index contributed by atoms with van der Waals surface area (Å²) in [5.41, 5.74) is -0.791. The first-order chi connectivity index (χ1) is 14.8. The van der Waals surface area contributed by atoms with E-state index >= 15 is 0 Å². The van der Waals surface area contributed by atoms with Gasteiger partial charge < -0.3 is 5.32 Å². The van der Waals surface area contributed by atoms with Gasteiger partial charge in [0.15, 0.2) is 11.5 Å². The number of nitrogens with zero attached hydrogens (tertiary/aromatic N) is 4. The van der Waals surface area contributed by atoms with Crippen molar-refractivity contribution < 1.29 is 31.1 Å². The molecule has 0 saturated carbocycles. The lowest BCUT2D eigenvalue weighted by Crippen LogP contribution is -2.26. The van der Waals surface area contributed by atoms with Crippen LogP contribution in [0, 0.1) is 13.8 Å². The van der Waals surface area contributed by atoms with Gasteiger partial charge in [-0.25, -0.2) is 0 Å². The number of nitrogens with one attached hydrogen (secondary N) is 1. The zero-order chi connectivity index (χ0) is 23.8. The van der Waals surface area contributed by atoms with E-state index in [0.29, 0.717) is 11.3 Å². The molecule has 0 bridgehead atoms. The second-order valence-electron chi connectivity index (χ2n) is 7.31. The molecule has 0 spiro atoms. The van der Waals surface area contributed by atoms with Crippen molar-refractivity contribution in [2.45, 2.75) is 45.7 Å². The average Bonchev–Trinajstić information content (AvgIpc) is 3.23. The molecular formula is C20H19F6N5O. The van der Waals surface area contributed by atoms with Gasteiger partial charge in [0, 0.05) is 17.5 Å². The molecule has 3 aromatic rings. The van der Waals surface area contributed by atoms with Gasteiger partial charge in [-0.2, -0.15) is 36.5 Å². The lowest BCUT2D eigenvalue weighted by Gasteiger charge is -2.13. The maximum Gasteiger partial charge on any atom is 0.435 e. The highest BCUT2D eigenvalue weighted by molar-refractivity contribution is 5.92. The molecule has 32 heavy (non-hydrogen) atoms. The summed E-state index contributed by atoms with van der Waals surface area (Å²) in [5, 5.41) is 10.1. The van der Waals surface area contributed by atoms with E-state index in [4.69, 9.17) is 0 Å². The number of aromatic nitrogens is 4. The third-order valence-corrected chi connectivity index (χ3v) is 4.78. The van der Waals surface area contributed by atoms with Gasteiger partial charge in [-0.3, -0.25) is 14.2 Å². The summed E-state index contributed by atoms with van der Waals surface area (Å²) in [7, 11) is 0. The van der Waals surface area contributed by atoms with E-state index in [1.807, 2.05) is 0 Å². The fraction of sp³-hybridized carbons (Fsp3) is 0.350. The molecule has 0 fully saturated rings. The van der Waals surface area contributed by atoms with Gasteiger partial charge in [0.1, 0.15) is 6.04 Å². The van der Waals surface area contributed by atoms with Gasteiger partial charge in [0.2, 0.25) is 5.91 Å². The minimum absolute atomic E-state index is 0.0361. The first kappa shape index (κ1) is 23.4. The molecule has 1 aromatic carbocycles. The van der Waals surface area contributed by atoms with Crippen LogP contribution in [0.4, 0.5) is 32.2 Å². The maximum atomic E-state index is 12.9. The molecule has 0 aliphatic carbocycles. The van der Waals surface area contributed by atoms with Crippen molar-refractivity contribution in [3.05, 3.63) is 64.6 Å². The molecule has 2 heterocycles. The van der Waals surface area contributed by atoms with Crippen LogP contribution in [0.5, 0.6) is 0 Å². The van der Waals surface area contributed by atoms with Gasteiger partial charge in [0.25, 0.3) is 0 Å². The molecule has 1 amide bonds. The molecule has 6 nitrogen and oxygen atoms in total. The van der Waals surface area contributed by atoms with E-state index in [-0.39, 0.29) is 18.1 Å². The maximum absolute atomic E-state index is 12.9.